The normalized spacial score (nSPS) is 24.0. The number of carbonyl (C=O) groups is 1. The number of nitrogens with one attached hydrogen (secondary N) is 1. The second-order valence-corrected chi connectivity index (χ2v) is 12.6. The SMILES string of the molecule is C#Cc1c(F)ccc2cc(O)cc(-c3nc(OC)c4c(N[C@@H]5CC[C@H](C(N)=O)C5)nc(OC[C@@]56CCCN5C[C@H](F)C6)nc4c3F)c12. The molecule has 0 radical (unpaired) electrons. The van der Waals surface area contributed by atoms with Crippen LogP contribution in [0.5, 0.6) is 17.6 Å². The fourth-order valence-corrected chi connectivity index (χ4v) is 7.58. The highest BCUT2D eigenvalue weighted by atomic mass is 19.1. The van der Waals surface area contributed by atoms with Crippen LogP contribution >= 0.6 is 0 Å². The van der Waals surface area contributed by atoms with Crippen molar-refractivity contribution in [1.82, 2.24) is 19.9 Å². The molecule has 10 nitrogen and oxygen atoms in total. The molecule has 4 atom stereocenters. The molecule has 1 amide bonds. The molecular weight excluding hydrogens is 613 g/mol. The van der Waals surface area contributed by atoms with Crippen molar-refractivity contribution < 1.29 is 32.5 Å². The molecule has 2 saturated heterocycles. The van der Waals surface area contributed by atoms with E-state index in [-0.39, 0.29) is 75.1 Å². The Labute approximate surface area is 268 Å². The molecule has 4 N–H and O–H groups in total. The number of anilines is 1. The number of nitrogens with two attached hydrogens (primary N) is 1. The van der Waals surface area contributed by atoms with E-state index in [4.69, 9.17) is 21.6 Å². The van der Waals surface area contributed by atoms with Crippen molar-refractivity contribution in [2.75, 3.05) is 32.1 Å². The fourth-order valence-electron chi connectivity index (χ4n) is 7.58. The molecule has 3 aliphatic rings. The minimum atomic E-state index is -0.973. The van der Waals surface area contributed by atoms with Crippen LogP contribution in [0.4, 0.5) is 19.0 Å². The number of rotatable bonds is 8. The summed E-state index contributed by atoms with van der Waals surface area (Å²) in [6.07, 6.45) is 8.30. The second kappa shape index (κ2) is 11.8. The summed E-state index contributed by atoms with van der Waals surface area (Å²) in [5, 5.41) is 14.5. The first-order chi connectivity index (χ1) is 22.6. The molecule has 3 fully saturated rings. The number of phenols is 1. The zero-order valence-corrected chi connectivity index (χ0v) is 25.7. The van der Waals surface area contributed by atoms with Crippen molar-refractivity contribution >= 4 is 33.4 Å². The standard InChI is InChI=1S/C34H33F3N6O4/c1-3-22-24(36)8-6-17-12-21(44)13-23(25(17)22)28-27(37)29-26(32(40-28)46-2)31(39-20-7-5-18(11-20)30(38)45)42-33(41-29)47-16-34-9-4-10-43(34)15-19(35)14-34/h1,6,8,12-13,18-20,44H,4-5,7,9-11,14-16H2,2H3,(H2,38,45)(H,39,41,42)/t18-,19+,20+,34-/m0/s1. The summed E-state index contributed by atoms with van der Waals surface area (Å²) in [5.74, 6) is -0.109. The van der Waals surface area contributed by atoms with Gasteiger partial charge in [-0.1, -0.05) is 12.0 Å². The first kappa shape index (κ1) is 30.8. The molecule has 244 valence electrons. The molecule has 13 heteroatoms. The van der Waals surface area contributed by atoms with E-state index >= 15 is 4.39 Å². The average molecular weight is 647 g/mol. The maximum Gasteiger partial charge on any atom is 0.319 e. The fraction of sp³-hybridized carbons (Fsp3) is 0.412. The summed E-state index contributed by atoms with van der Waals surface area (Å²) in [4.78, 5) is 27.5. The first-order valence-corrected chi connectivity index (χ1v) is 15.6. The van der Waals surface area contributed by atoms with Gasteiger partial charge in [0, 0.05) is 35.9 Å². The zero-order chi connectivity index (χ0) is 33.0. The number of primary amides is 1. The number of alkyl halides is 1. The predicted molar refractivity (Wildman–Crippen MR) is 169 cm³/mol. The van der Waals surface area contributed by atoms with E-state index < -0.39 is 29.3 Å². The minimum absolute atomic E-state index is 0.0289. The maximum atomic E-state index is 16.9. The third-order valence-electron chi connectivity index (χ3n) is 9.78. The smallest absolute Gasteiger partial charge is 0.319 e. The van der Waals surface area contributed by atoms with Crippen molar-refractivity contribution in [1.29, 1.82) is 0 Å². The van der Waals surface area contributed by atoms with Crippen molar-refractivity contribution in [2.45, 2.75) is 56.3 Å². The number of terminal acetylenes is 1. The highest BCUT2D eigenvalue weighted by molar-refractivity contribution is 6.04. The number of nitrogens with zero attached hydrogens (tertiary/aromatic N) is 4. The van der Waals surface area contributed by atoms with E-state index in [1.807, 2.05) is 0 Å². The number of aromatic nitrogens is 3. The van der Waals surface area contributed by atoms with Gasteiger partial charge in [-0.25, -0.2) is 18.2 Å². The lowest BCUT2D eigenvalue weighted by Crippen LogP contribution is -2.43. The lowest BCUT2D eigenvalue weighted by molar-refractivity contribution is -0.121. The van der Waals surface area contributed by atoms with Gasteiger partial charge in [0.05, 0.1) is 18.2 Å². The number of carbonyl (C=O) groups excluding carboxylic acids is 1. The number of benzene rings is 2. The van der Waals surface area contributed by atoms with E-state index in [1.165, 1.54) is 31.4 Å². The van der Waals surface area contributed by atoms with Crippen molar-refractivity contribution in [3.63, 3.8) is 0 Å². The molecule has 2 aromatic carbocycles. The topological polar surface area (TPSA) is 136 Å². The molecule has 1 saturated carbocycles. The summed E-state index contributed by atoms with van der Waals surface area (Å²) in [7, 11) is 1.35. The van der Waals surface area contributed by atoms with Crippen molar-refractivity contribution in [3.05, 3.63) is 41.5 Å². The van der Waals surface area contributed by atoms with Gasteiger partial charge in [0.15, 0.2) is 5.82 Å². The third-order valence-corrected chi connectivity index (χ3v) is 9.78. The van der Waals surface area contributed by atoms with Gasteiger partial charge in [-0.15, -0.1) is 6.42 Å². The van der Waals surface area contributed by atoms with Crippen LogP contribution in [0.3, 0.4) is 0 Å². The van der Waals surface area contributed by atoms with Gasteiger partial charge >= 0.3 is 6.01 Å². The van der Waals surface area contributed by atoms with Crippen LogP contribution < -0.4 is 20.5 Å². The van der Waals surface area contributed by atoms with E-state index in [1.54, 1.807) is 0 Å². The number of hydrogen-bond donors (Lipinski definition) is 3. The second-order valence-electron chi connectivity index (χ2n) is 12.6. The van der Waals surface area contributed by atoms with Crippen LogP contribution in [-0.4, -0.2) is 75.4 Å². The number of hydrogen-bond acceptors (Lipinski definition) is 9. The van der Waals surface area contributed by atoms with E-state index in [9.17, 15) is 18.7 Å². The third kappa shape index (κ3) is 5.30. The van der Waals surface area contributed by atoms with Gasteiger partial charge in [0.25, 0.3) is 0 Å². The molecule has 7 rings (SSSR count). The number of pyridine rings is 1. The summed E-state index contributed by atoms with van der Waals surface area (Å²) in [5.41, 5.74) is 4.45. The van der Waals surface area contributed by atoms with Crippen LogP contribution in [0.15, 0.2) is 24.3 Å². The largest absolute Gasteiger partial charge is 0.508 e. The molecule has 2 aromatic heterocycles. The van der Waals surface area contributed by atoms with Gasteiger partial charge in [-0.3, -0.25) is 9.69 Å². The van der Waals surface area contributed by atoms with Gasteiger partial charge in [0.2, 0.25) is 11.8 Å². The maximum absolute atomic E-state index is 16.9. The van der Waals surface area contributed by atoms with Crippen LogP contribution in [-0.2, 0) is 4.79 Å². The molecule has 0 bridgehead atoms. The Hall–Kier alpha value is -4.83. The lowest BCUT2D eigenvalue weighted by atomic mass is 9.95. The van der Waals surface area contributed by atoms with Gasteiger partial charge in [-0.05, 0) is 62.2 Å². The molecule has 0 unspecified atom stereocenters. The van der Waals surface area contributed by atoms with Gasteiger partial charge in [0.1, 0.15) is 46.8 Å². The lowest BCUT2D eigenvalue weighted by Gasteiger charge is -2.30. The Balaban J connectivity index is 1.39. The molecular formula is C34H33F3N6O4. The number of fused-ring (bicyclic) bond motifs is 3. The highest BCUT2D eigenvalue weighted by Gasteiger charge is 2.49. The van der Waals surface area contributed by atoms with Gasteiger partial charge in [-0.2, -0.15) is 9.97 Å². The van der Waals surface area contributed by atoms with Crippen LogP contribution in [0.25, 0.3) is 32.9 Å². The molecule has 47 heavy (non-hydrogen) atoms. The van der Waals surface area contributed by atoms with Crippen LogP contribution in [0, 0.1) is 29.9 Å². The zero-order valence-electron chi connectivity index (χ0n) is 25.7. The quantitative estimate of drug-likeness (QED) is 0.230. The summed E-state index contributed by atoms with van der Waals surface area (Å²) < 4.78 is 58.0. The average Bonchev–Trinajstić information content (AvgIpc) is 3.75. The Morgan fingerprint density at radius 3 is 2.81 bits per heavy atom. The molecule has 2 aliphatic heterocycles. The first-order valence-electron chi connectivity index (χ1n) is 15.6. The van der Waals surface area contributed by atoms with Crippen molar-refractivity contribution in [2.24, 2.45) is 11.7 Å². The predicted octanol–water partition coefficient (Wildman–Crippen LogP) is 4.84. The van der Waals surface area contributed by atoms with Crippen LogP contribution in [0.2, 0.25) is 0 Å². The van der Waals surface area contributed by atoms with Gasteiger partial charge < -0.3 is 25.6 Å². The highest BCUT2D eigenvalue weighted by Crippen LogP contribution is 2.43. The van der Waals surface area contributed by atoms with E-state index in [0.717, 1.165) is 19.4 Å². The molecule has 4 heterocycles. The van der Waals surface area contributed by atoms with Crippen molar-refractivity contribution in [3.8, 4) is 41.2 Å². The van der Waals surface area contributed by atoms with E-state index in [0.29, 0.717) is 37.6 Å². The number of methoxy groups -OCH3 is 1. The Bertz CT molecular complexity index is 1970. The number of phenolic OH excluding ortho intramolecular Hbond substituents is 1. The number of ether oxygens (including phenoxy) is 2. The Morgan fingerprint density at radius 2 is 2.06 bits per heavy atom. The number of halogens is 3. The monoisotopic (exact) mass is 646 g/mol. The number of amides is 1. The Kier molecular flexibility index (Phi) is 7.71. The molecule has 4 aromatic rings. The van der Waals surface area contributed by atoms with E-state index in [2.05, 4.69) is 31.1 Å². The number of aromatic hydroxyl groups is 1. The summed E-state index contributed by atoms with van der Waals surface area (Å²) >= 11 is 0. The summed E-state index contributed by atoms with van der Waals surface area (Å²) in [6, 6.07) is 4.87. The van der Waals surface area contributed by atoms with Crippen LogP contribution in [0.1, 0.15) is 44.1 Å². The molecule has 1 aliphatic carbocycles. The minimum Gasteiger partial charge on any atom is -0.508 e. The Morgan fingerprint density at radius 1 is 1.23 bits per heavy atom. The molecule has 0 spiro atoms. The summed E-state index contributed by atoms with van der Waals surface area (Å²) in [6.45, 7) is 1.19.